The van der Waals surface area contributed by atoms with Gasteiger partial charge in [0.2, 0.25) is 0 Å². The summed E-state index contributed by atoms with van der Waals surface area (Å²) in [6, 6.07) is 5.93. The van der Waals surface area contributed by atoms with Gasteiger partial charge in [-0.15, -0.1) is 0 Å². The molecule has 0 aromatic heterocycles. The summed E-state index contributed by atoms with van der Waals surface area (Å²) < 4.78 is 5.18. The minimum absolute atomic E-state index is 0.394. The number of ether oxygens (including phenoxy) is 1. The van der Waals surface area contributed by atoms with Gasteiger partial charge in [0.05, 0.1) is 13.7 Å². The van der Waals surface area contributed by atoms with Gasteiger partial charge in [0, 0.05) is 11.3 Å². The second kappa shape index (κ2) is 6.39. The molecular weight excluding hydrogens is 206 g/mol. The maximum absolute atomic E-state index is 5.35. The van der Waals surface area contributed by atoms with E-state index >= 15 is 0 Å². The second-order valence-corrected chi connectivity index (χ2v) is 3.83. The fraction of sp³-hybridized carbons (Fsp3) is 0.333. The molecule has 0 saturated heterocycles. The molecule has 0 radical (unpaired) electrons. The van der Waals surface area contributed by atoms with Crippen LogP contribution in [0.15, 0.2) is 18.2 Å². The Bertz CT molecular complexity index is 379. The predicted octanol–water partition coefficient (Wildman–Crippen LogP) is 1.87. The number of nitrogens with two attached hydrogens (primary N) is 1. The van der Waals surface area contributed by atoms with Crippen LogP contribution in [0.1, 0.15) is 11.1 Å². The standard InChI is InChI=1S/C12H15NOS/c1-14-12-6-5-10(4-3-7-13)11(8-12)9-15-2/h5-6,8H,7,9,13H2,1-2H3. The molecule has 15 heavy (non-hydrogen) atoms. The average molecular weight is 221 g/mol. The van der Waals surface area contributed by atoms with Gasteiger partial charge in [-0.1, -0.05) is 11.8 Å². The van der Waals surface area contributed by atoms with E-state index in [1.807, 2.05) is 18.2 Å². The van der Waals surface area contributed by atoms with E-state index in [1.54, 1.807) is 18.9 Å². The number of thioether (sulfide) groups is 1. The van der Waals surface area contributed by atoms with Crippen molar-refractivity contribution in [1.82, 2.24) is 0 Å². The Kier molecular flexibility index (Phi) is 5.09. The summed E-state index contributed by atoms with van der Waals surface area (Å²) in [7, 11) is 1.67. The summed E-state index contributed by atoms with van der Waals surface area (Å²) in [6.45, 7) is 0.394. The van der Waals surface area contributed by atoms with Gasteiger partial charge in [-0.05, 0) is 30.0 Å². The van der Waals surface area contributed by atoms with Crippen molar-refractivity contribution < 1.29 is 4.74 Å². The molecule has 0 saturated carbocycles. The lowest BCUT2D eigenvalue weighted by Gasteiger charge is -2.05. The summed E-state index contributed by atoms with van der Waals surface area (Å²) >= 11 is 1.77. The highest BCUT2D eigenvalue weighted by Crippen LogP contribution is 2.20. The number of methoxy groups -OCH3 is 1. The molecule has 0 spiro atoms. The molecule has 0 aliphatic heterocycles. The first-order chi connectivity index (χ1) is 7.31. The number of benzene rings is 1. The zero-order valence-electron chi connectivity index (χ0n) is 9.04. The lowest BCUT2D eigenvalue weighted by Crippen LogP contribution is -1.94. The molecule has 1 rings (SSSR count). The highest BCUT2D eigenvalue weighted by Gasteiger charge is 2.01. The van der Waals surface area contributed by atoms with Crippen molar-refractivity contribution in [3.63, 3.8) is 0 Å². The van der Waals surface area contributed by atoms with Crippen molar-refractivity contribution in [2.45, 2.75) is 5.75 Å². The molecule has 0 amide bonds. The third-order valence-electron chi connectivity index (χ3n) is 1.94. The first-order valence-corrected chi connectivity index (χ1v) is 6.06. The summed E-state index contributed by atoms with van der Waals surface area (Å²) in [4.78, 5) is 0. The van der Waals surface area contributed by atoms with Gasteiger partial charge in [0.15, 0.2) is 0 Å². The van der Waals surface area contributed by atoms with Crippen LogP contribution in [-0.4, -0.2) is 19.9 Å². The van der Waals surface area contributed by atoms with Crippen molar-refractivity contribution in [2.75, 3.05) is 19.9 Å². The monoisotopic (exact) mass is 221 g/mol. The lowest BCUT2D eigenvalue weighted by atomic mass is 10.1. The fourth-order valence-corrected chi connectivity index (χ4v) is 1.79. The summed E-state index contributed by atoms with van der Waals surface area (Å²) in [6.07, 6.45) is 2.07. The number of hydrogen-bond donors (Lipinski definition) is 1. The zero-order chi connectivity index (χ0) is 11.1. The zero-order valence-corrected chi connectivity index (χ0v) is 9.86. The minimum Gasteiger partial charge on any atom is -0.497 e. The molecule has 0 atom stereocenters. The third-order valence-corrected chi connectivity index (χ3v) is 2.54. The first kappa shape index (κ1) is 12.0. The molecule has 3 heteroatoms. The van der Waals surface area contributed by atoms with Crippen LogP contribution in [0.25, 0.3) is 0 Å². The van der Waals surface area contributed by atoms with Crippen LogP contribution >= 0.6 is 11.8 Å². The van der Waals surface area contributed by atoms with E-state index in [4.69, 9.17) is 10.5 Å². The van der Waals surface area contributed by atoms with E-state index in [0.717, 1.165) is 17.1 Å². The molecule has 1 aromatic carbocycles. The van der Waals surface area contributed by atoms with Crippen LogP contribution < -0.4 is 10.5 Å². The first-order valence-electron chi connectivity index (χ1n) is 4.66. The highest BCUT2D eigenvalue weighted by atomic mass is 32.2. The van der Waals surface area contributed by atoms with E-state index in [2.05, 4.69) is 18.1 Å². The van der Waals surface area contributed by atoms with Crippen LogP contribution in [-0.2, 0) is 5.75 Å². The smallest absolute Gasteiger partial charge is 0.119 e. The van der Waals surface area contributed by atoms with Crippen LogP contribution in [0.2, 0.25) is 0 Å². The van der Waals surface area contributed by atoms with Gasteiger partial charge in [-0.25, -0.2) is 0 Å². The molecule has 0 aliphatic rings. The molecule has 0 unspecified atom stereocenters. The Morgan fingerprint density at radius 3 is 2.87 bits per heavy atom. The van der Waals surface area contributed by atoms with Crippen molar-refractivity contribution >= 4 is 11.8 Å². The minimum atomic E-state index is 0.394. The third kappa shape index (κ3) is 3.50. The Balaban J connectivity index is 3.03. The van der Waals surface area contributed by atoms with Crippen molar-refractivity contribution in [3.05, 3.63) is 29.3 Å². The van der Waals surface area contributed by atoms with Gasteiger partial charge in [0.1, 0.15) is 5.75 Å². The molecule has 0 heterocycles. The van der Waals surface area contributed by atoms with Crippen LogP contribution in [0.5, 0.6) is 5.75 Å². The van der Waals surface area contributed by atoms with E-state index < -0.39 is 0 Å². The second-order valence-electron chi connectivity index (χ2n) is 2.96. The molecule has 0 fully saturated rings. The topological polar surface area (TPSA) is 35.2 Å². The van der Waals surface area contributed by atoms with Crippen LogP contribution in [0.3, 0.4) is 0 Å². The average Bonchev–Trinajstić information content (AvgIpc) is 2.27. The molecule has 2 nitrogen and oxygen atoms in total. The summed E-state index contributed by atoms with van der Waals surface area (Å²) in [5.41, 5.74) is 7.59. The molecule has 0 bridgehead atoms. The van der Waals surface area contributed by atoms with Gasteiger partial charge in [-0.3, -0.25) is 0 Å². The van der Waals surface area contributed by atoms with E-state index in [9.17, 15) is 0 Å². The molecule has 80 valence electrons. The van der Waals surface area contributed by atoms with Gasteiger partial charge in [0.25, 0.3) is 0 Å². The number of rotatable bonds is 3. The highest BCUT2D eigenvalue weighted by molar-refractivity contribution is 7.97. The maximum Gasteiger partial charge on any atom is 0.119 e. The maximum atomic E-state index is 5.35. The van der Waals surface area contributed by atoms with E-state index in [1.165, 1.54) is 5.56 Å². The Hall–Kier alpha value is -1.11. The quantitative estimate of drug-likeness (QED) is 0.791. The van der Waals surface area contributed by atoms with Gasteiger partial charge >= 0.3 is 0 Å². The van der Waals surface area contributed by atoms with Gasteiger partial charge < -0.3 is 10.5 Å². The van der Waals surface area contributed by atoms with Crippen molar-refractivity contribution in [1.29, 1.82) is 0 Å². The van der Waals surface area contributed by atoms with E-state index in [-0.39, 0.29) is 0 Å². The molecule has 2 N–H and O–H groups in total. The SMILES string of the molecule is COc1ccc(C#CCN)c(CSC)c1. The Morgan fingerprint density at radius 2 is 2.27 bits per heavy atom. The molecule has 1 aromatic rings. The van der Waals surface area contributed by atoms with Gasteiger partial charge in [-0.2, -0.15) is 11.8 Å². The Morgan fingerprint density at radius 1 is 1.47 bits per heavy atom. The number of hydrogen-bond acceptors (Lipinski definition) is 3. The van der Waals surface area contributed by atoms with Crippen LogP contribution in [0.4, 0.5) is 0 Å². The van der Waals surface area contributed by atoms with Crippen LogP contribution in [0, 0.1) is 11.8 Å². The van der Waals surface area contributed by atoms with Crippen molar-refractivity contribution in [3.8, 4) is 17.6 Å². The molecular formula is C12H15NOS. The Labute approximate surface area is 95.2 Å². The molecule has 0 aliphatic carbocycles. The largest absolute Gasteiger partial charge is 0.497 e. The lowest BCUT2D eigenvalue weighted by molar-refractivity contribution is 0.414. The van der Waals surface area contributed by atoms with Crippen molar-refractivity contribution in [2.24, 2.45) is 5.73 Å². The summed E-state index contributed by atoms with van der Waals surface area (Å²) in [5, 5.41) is 0. The predicted molar refractivity (Wildman–Crippen MR) is 66.1 cm³/mol. The normalized spacial score (nSPS) is 9.27. The van der Waals surface area contributed by atoms with E-state index in [0.29, 0.717) is 6.54 Å². The summed E-state index contributed by atoms with van der Waals surface area (Å²) in [5.74, 6) is 7.74. The fourth-order valence-electron chi connectivity index (χ4n) is 1.24.